The highest BCUT2D eigenvalue weighted by Crippen LogP contribution is 2.22. The van der Waals surface area contributed by atoms with Crippen LogP contribution in [0.3, 0.4) is 0 Å². The van der Waals surface area contributed by atoms with Crippen LogP contribution >= 0.6 is 0 Å². The number of carbonyl (C=O) groups excluding carboxylic acids is 2. The van der Waals surface area contributed by atoms with Crippen LogP contribution in [0.4, 0.5) is 5.69 Å². The molecule has 1 aromatic rings. The third kappa shape index (κ3) is 2.49. The quantitative estimate of drug-likeness (QED) is 0.644. The fraction of sp³-hybridized carbons (Fsp3) is 0.286. The smallest absolute Gasteiger partial charge is 0.251 e. The number of para-hydroxylation sites is 1. The monoisotopic (exact) mass is 244 g/mol. The number of benzene rings is 1. The number of nitrogens with zero attached hydrogens (tertiary/aromatic N) is 1. The molecular formula is C14H16N2O2. The summed E-state index contributed by atoms with van der Waals surface area (Å²) < 4.78 is 0. The van der Waals surface area contributed by atoms with E-state index in [-0.39, 0.29) is 18.2 Å². The highest BCUT2D eigenvalue weighted by molar-refractivity contribution is 6.22. The van der Waals surface area contributed by atoms with Crippen LogP contribution in [0.15, 0.2) is 42.5 Å². The van der Waals surface area contributed by atoms with Gasteiger partial charge >= 0.3 is 0 Å². The Labute approximate surface area is 106 Å². The lowest BCUT2D eigenvalue weighted by Crippen LogP contribution is -2.39. The molecule has 1 atom stereocenters. The molecule has 1 aromatic carbocycles. The lowest BCUT2D eigenvalue weighted by molar-refractivity contribution is -0.121. The second-order valence-electron chi connectivity index (χ2n) is 4.50. The molecule has 0 bridgehead atoms. The van der Waals surface area contributed by atoms with Gasteiger partial charge in [0, 0.05) is 6.54 Å². The molecule has 0 radical (unpaired) electrons. The molecular weight excluding hydrogens is 228 g/mol. The molecule has 94 valence electrons. The molecule has 1 N–H and O–H groups in total. The first-order valence-electron chi connectivity index (χ1n) is 5.89. The average molecular weight is 244 g/mol. The van der Waals surface area contributed by atoms with E-state index in [0.29, 0.717) is 12.2 Å². The largest absolute Gasteiger partial charge is 0.302 e. The summed E-state index contributed by atoms with van der Waals surface area (Å²) in [7, 11) is 0. The first-order valence-corrected chi connectivity index (χ1v) is 5.89. The number of rotatable bonds is 4. The van der Waals surface area contributed by atoms with Gasteiger partial charge in [0.1, 0.15) is 0 Å². The van der Waals surface area contributed by atoms with Gasteiger partial charge in [-0.25, -0.2) is 4.90 Å². The van der Waals surface area contributed by atoms with Gasteiger partial charge in [-0.1, -0.05) is 30.4 Å². The molecule has 1 saturated heterocycles. The molecule has 4 nitrogen and oxygen atoms in total. The van der Waals surface area contributed by atoms with Crippen LogP contribution in [0.25, 0.3) is 0 Å². The van der Waals surface area contributed by atoms with E-state index in [0.717, 1.165) is 5.57 Å². The second-order valence-corrected chi connectivity index (χ2v) is 4.50. The van der Waals surface area contributed by atoms with Crippen LogP contribution in [0.5, 0.6) is 0 Å². The summed E-state index contributed by atoms with van der Waals surface area (Å²) in [6, 6.07) is 8.56. The van der Waals surface area contributed by atoms with Crippen molar-refractivity contribution in [3.05, 3.63) is 42.5 Å². The average Bonchev–Trinajstić information content (AvgIpc) is 2.63. The van der Waals surface area contributed by atoms with Crippen molar-refractivity contribution < 1.29 is 9.59 Å². The molecule has 1 fully saturated rings. The van der Waals surface area contributed by atoms with E-state index in [9.17, 15) is 9.59 Å². The van der Waals surface area contributed by atoms with Gasteiger partial charge in [0.2, 0.25) is 5.91 Å². The first kappa shape index (κ1) is 12.5. The fourth-order valence-corrected chi connectivity index (χ4v) is 1.94. The molecule has 2 amide bonds. The minimum absolute atomic E-state index is 0.162. The van der Waals surface area contributed by atoms with E-state index in [2.05, 4.69) is 11.9 Å². The van der Waals surface area contributed by atoms with Crippen molar-refractivity contribution in [3.63, 3.8) is 0 Å². The maximum absolute atomic E-state index is 12.1. The van der Waals surface area contributed by atoms with Crippen LogP contribution in [-0.2, 0) is 9.59 Å². The summed E-state index contributed by atoms with van der Waals surface area (Å²) in [5, 5.41) is 3.05. The van der Waals surface area contributed by atoms with Gasteiger partial charge in [0.05, 0.1) is 18.2 Å². The minimum Gasteiger partial charge on any atom is -0.302 e. The van der Waals surface area contributed by atoms with E-state index in [1.54, 1.807) is 12.1 Å². The number of hydrogen-bond acceptors (Lipinski definition) is 3. The molecule has 1 aliphatic rings. The normalized spacial score (nSPS) is 19.4. The van der Waals surface area contributed by atoms with Gasteiger partial charge < -0.3 is 5.32 Å². The number of anilines is 1. The molecule has 2 rings (SSSR count). The Morgan fingerprint density at radius 1 is 1.39 bits per heavy atom. The lowest BCUT2D eigenvalue weighted by Gasteiger charge is -2.15. The van der Waals surface area contributed by atoms with E-state index >= 15 is 0 Å². The molecule has 0 saturated carbocycles. The fourth-order valence-electron chi connectivity index (χ4n) is 1.94. The number of amides is 2. The van der Waals surface area contributed by atoms with Gasteiger partial charge in [0.15, 0.2) is 0 Å². The van der Waals surface area contributed by atoms with Gasteiger partial charge in [0.25, 0.3) is 5.91 Å². The van der Waals surface area contributed by atoms with E-state index in [4.69, 9.17) is 0 Å². The molecule has 0 aliphatic carbocycles. The molecule has 18 heavy (non-hydrogen) atoms. The van der Waals surface area contributed by atoms with Crippen LogP contribution in [0.2, 0.25) is 0 Å². The summed E-state index contributed by atoms with van der Waals surface area (Å²) in [5.41, 5.74) is 1.57. The van der Waals surface area contributed by atoms with Crippen LogP contribution in [0.1, 0.15) is 13.3 Å². The zero-order chi connectivity index (χ0) is 13.1. The maximum atomic E-state index is 12.1. The second kappa shape index (κ2) is 5.14. The predicted octanol–water partition coefficient (Wildman–Crippen LogP) is 1.48. The van der Waals surface area contributed by atoms with Crippen molar-refractivity contribution in [3.8, 4) is 0 Å². The van der Waals surface area contributed by atoms with Crippen molar-refractivity contribution in [2.75, 3.05) is 11.4 Å². The summed E-state index contributed by atoms with van der Waals surface area (Å²) in [4.78, 5) is 25.3. The zero-order valence-corrected chi connectivity index (χ0v) is 10.3. The standard InChI is InChI=1S/C14H16N2O2/c1-10(2)9-15-12-8-13(17)16(14(12)18)11-6-4-3-5-7-11/h3-7,12,15H,1,8-9H2,2H3. The Balaban J connectivity index is 2.12. The van der Waals surface area contributed by atoms with Crippen molar-refractivity contribution >= 4 is 17.5 Å². The van der Waals surface area contributed by atoms with E-state index < -0.39 is 6.04 Å². The molecule has 1 aliphatic heterocycles. The Morgan fingerprint density at radius 3 is 2.67 bits per heavy atom. The van der Waals surface area contributed by atoms with Crippen LogP contribution < -0.4 is 10.2 Å². The Kier molecular flexibility index (Phi) is 3.58. The topological polar surface area (TPSA) is 49.4 Å². The van der Waals surface area contributed by atoms with Gasteiger partial charge in [-0.2, -0.15) is 0 Å². The van der Waals surface area contributed by atoms with E-state index in [1.807, 2.05) is 25.1 Å². The van der Waals surface area contributed by atoms with Crippen molar-refractivity contribution in [1.82, 2.24) is 5.32 Å². The predicted molar refractivity (Wildman–Crippen MR) is 70.2 cm³/mol. The van der Waals surface area contributed by atoms with Gasteiger partial charge in [-0.05, 0) is 19.1 Å². The molecule has 4 heteroatoms. The minimum atomic E-state index is -0.436. The highest BCUT2D eigenvalue weighted by Gasteiger charge is 2.38. The van der Waals surface area contributed by atoms with E-state index in [1.165, 1.54) is 4.90 Å². The summed E-state index contributed by atoms with van der Waals surface area (Å²) >= 11 is 0. The number of hydrogen-bond donors (Lipinski definition) is 1. The summed E-state index contributed by atoms with van der Waals surface area (Å²) in [6.07, 6.45) is 0.209. The first-order chi connectivity index (χ1) is 8.59. The zero-order valence-electron chi connectivity index (χ0n) is 10.3. The molecule has 0 aromatic heterocycles. The highest BCUT2D eigenvalue weighted by atomic mass is 16.2. The summed E-state index contributed by atoms with van der Waals surface area (Å²) in [6.45, 7) is 6.19. The third-order valence-corrected chi connectivity index (χ3v) is 2.81. The number of imide groups is 1. The number of nitrogens with one attached hydrogen (secondary N) is 1. The molecule has 0 spiro atoms. The van der Waals surface area contributed by atoms with Crippen molar-refractivity contribution in [2.45, 2.75) is 19.4 Å². The molecule has 1 unspecified atom stereocenters. The maximum Gasteiger partial charge on any atom is 0.251 e. The van der Waals surface area contributed by atoms with Crippen molar-refractivity contribution in [1.29, 1.82) is 0 Å². The Morgan fingerprint density at radius 2 is 2.06 bits per heavy atom. The molecule has 1 heterocycles. The van der Waals surface area contributed by atoms with Gasteiger partial charge in [-0.3, -0.25) is 9.59 Å². The third-order valence-electron chi connectivity index (χ3n) is 2.81. The SMILES string of the molecule is C=C(C)CNC1CC(=O)N(c2ccccc2)C1=O. The Bertz CT molecular complexity index is 482. The van der Waals surface area contributed by atoms with Crippen molar-refractivity contribution in [2.24, 2.45) is 0 Å². The van der Waals surface area contributed by atoms with Crippen LogP contribution in [-0.4, -0.2) is 24.4 Å². The lowest BCUT2D eigenvalue weighted by atomic mass is 10.2. The summed E-state index contributed by atoms with van der Waals surface area (Å²) in [5.74, 6) is -0.349. The Hall–Kier alpha value is -1.94. The van der Waals surface area contributed by atoms with Crippen LogP contribution in [0, 0.1) is 0 Å². The number of carbonyl (C=O) groups is 2. The van der Waals surface area contributed by atoms with Gasteiger partial charge in [-0.15, -0.1) is 0 Å².